The molecule has 100 valence electrons. The Labute approximate surface area is 107 Å². The molecule has 0 aliphatic carbocycles. The highest BCUT2D eigenvalue weighted by Gasteiger charge is 2.30. The predicted octanol–water partition coefficient (Wildman–Crippen LogP) is -2.01. The Kier molecular flexibility index (Phi) is 5.55. The van der Waals surface area contributed by atoms with E-state index in [1.54, 1.807) is 14.1 Å². The molecule has 1 rings (SSSR count). The van der Waals surface area contributed by atoms with Gasteiger partial charge in [0.1, 0.15) is 12.6 Å². The second kappa shape index (κ2) is 6.93. The minimum atomic E-state index is -0.318. The van der Waals surface area contributed by atoms with E-state index in [1.807, 2.05) is 11.0 Å². The van der Waals surface area contributed by atoms with Crippen LogP contribution in [0.25, 0.3) is 0 Å². The van der Waals surface area contributed by atoms with Crippen molar-refractivity contribution in [1.82, 2.24) is 20.4 Å². The van der Waals surface area contributed by atoms with Crippen LogP contribution in [0, 0.1) is 11.3 Å². The quantitative estimate of drug-likeness (QED) is 0.565. The summed E-state index contributed by atoms with van der Waals surface area (Å²) < 4.78 is 0. The van der Waals surface area contributed by atoms with Gasteiger partial charge in [-0.15, -0.1) is 0 Å². The number of piperazine rings is 1. The number of hydrogen-bond acceptors (Lipinski definition) is 5. The van der Waals surface area contributed by atoms with Gasteiger partial charge in [-0.1, -0.05) is 0 Å². The van der Waals surface area contributed by atoms with Crippen LogP contribution in [0.15, 0.2) is 0 Å². The molecule has 2 amide bonds. The molecule has 1 atom stereocenters. The maximum atomic E-state index is 12.0. The van der Waals surface area contributed by atoms with Crippen LogP contribution in [0.2, 0.25) is 0 Å². The minimum Gasteiger partial charge on any atom is -0.347 e. The monoisotopic (exact) mass is 253 g/mol. The summed E-state index contributed by atoms with van der Waals surface area (Å²) in [6.45, 7) is 2.08. The topological polar surface area (TPSA) is 88.5 Å². The zero-order valence-corrected chi connectivity index (χ0v) is 10.8. The molecule has 18 heavy (non-hydrogen) atoms. The Balaban J connectivity index is 2.57. The Hall–Kier alpha value is -1.65. The van der Waals surface area contributed by atoms with Gasteiger partial charge in [-0.2, -0.15) is 5.26 Å². The van der Waals surface area contributed by atoms with Gasteiger partial charge in [-0.05, 0) is 0 Å². The van der Waals surface area contributed by atoms with Crippen LogP contribution in [-0.4, -0.2) is 74.5 Å². The molecule has 1 unspecified atom stereocenters. The summed E-state index contributed by atoms with van der Waals surface area (Å²) in [6.07, 6.45) is 0. The third-order valence-corrected chi connectivity index (χ3v) is 2.79. The van der Waals surface area contributed by atoms with Gasteiger partial charge in [-0.3, -0.25) is 14.5 Å². The summed E-state index contributed by atoms with van der Waals surface area (Å²) in [7, 11) is 3.40. The lowest BCUT2D eigenvalue weighted by Crippen LogP contribution is -2.59. The molecule has 0 aromatic rings. The van der Waals surface area contributed by atoms with Crippen molar-refractivity contribution in [2.24, 2.45) is 0 Å². The Morgan fingerprint density at radius 3 is 2.89 bits per heavy atom. The lowest BCUT2D eigenvalue weighted by Gasteiger charge is -2.35. The van der Waals surface area contributed by atoms with E-state index in [-0.39, 0.29) is 30.9 Å². The van der Waals surface area contributed by atoms with Gasteiger partial charge >= 0.3 is 0 Å². The van der Waals surface area contributed by atoms with Gasteiger partial charge in [0.25, 0.3) is 0 Å². The Bertz CT molecular complexity index is 350. The fourth-order valence-corrected chi connectivity index (χ4v) is 1.86. The number of carbonyl (C=O) groups excluding carboxylic acids is 2. The molecule has 0 spiro atoms. The number of nitrogens with one attached hydrogen (secondary N) is 2. The van der Waals surface area contributed by atoms with Gasteiger partial charge in [0, 0.05) is 33.7 Å². The molecule has 7 heteroatoms. The van der Waals surface area contributed by atoms with E-state index in [2.05, 4.69) is 10.6 Å². The van der Waals surface area contributed by atoms with Crippen molar-refractivity contribution in [2.45, 2.75) is 6.04 Å². The summed E-state index contributed by atoms with van der Waals surface area (Å²) in [6, 6.07) is 1.53. The minimum absolute atomic E-state index is 0.00276. The highest BCUT2D eigenvalue weighted by atomic mass is 16.2. The smallest absolute Gasteiger partial charge is 0.240 e. The first kappa shape index (κ1) is 14.4. The lowest BCUT2D eigenvalue weighted by atomic mass is 10.1. The number of rotatable bonds is 4. The SMILES string of the molecule is CN(C)C(=O)C1CNCCN1CC(=O)NCC#N. The van der Waals surface area contributed by atoms with Gasteiger partial charge in [0.2, 0.25) is 11.8 Å². The molecule has 1 fully saturated rings. The number of amides is 2. The van der Waals surface area contributed by atoms with E-state index in [4.69, 9.17) is 5.26 Å². The zero-order valence-electron chi connectivity index (χ0n) is 10.8. The number of nitriles is 1. The highest BCUT2D eigenvalue weighted by molar-refractivity contribution is 5.83. The van der Waals surface area contributed by atoms with E-state index in [9.17, 15) is 9.59 Å². The summed E-state index contributed by atoms with van der Waals surface area (Å²) in [4.78, 5) is 26.9. The average Bonchev–Trinajstić information content (AvgIpc) is 2.36. The van der Waals surface area contributed by atoms with Crippen LogP contribution >= 0.6 is 0 Å². The molecule has 1 aliphatic rings. The molecule has 1 saturated heterocycles. The van der Waals surface area contributed by atoms with Crippen LogP contribution in [0.5, 0.6) is 0 Å². The van der Waals surface area contributed by atoms with Crippen LogP contribution in [0.3, 0.4) is 0 Å². The van der Waals surface area contributed by atoms with E-state index in [0.717, 1.165) is 6.54 Å². The molecule has 0 aromatic carbocycles. The molecular formula is C11H19N5O2. The van der Waals surface area contributed by atoms with Crippen molar-refractivity contribution >= 4 is 11.8 Å². The largest absolute Gasteiger partial charge is 0.347 e. The first-order valence-corrected chi connectivity index (χ1v) is 5.86. The van der Waals surface area contributed by atoms with E-state index < -0.39 is 0 Å². The molecule has 2 N–H and O–H groups in total. The van der Waals surface area contributed by atoms with Crippen LogP contribution in [-0.2, 0) is 9.59 Å². The molecule has 1 heterocycles. The molecule has 0 saturated carbocycles. The maximum Gasteiger partial charge on any atom is 0.240 e. The molecular weight excluding hydrogens is 234 g/mol. The van der Waals surface area contributed by atoms with Crippen LogP contribution < -0.4 is 10.6 Å². The zero-order chi connectivity index (χ0) is 13.5. The van der Waals surface area contributed by atoms with Gasteiger partial charge in [0.15, 0.2) is 0 Å². The number of likely N-dealkylation sites (N-methyl/N-ethyl adjacent to an activating group) is 1. The molecule has 0 aromatic heterocycles. The standard InChI is InChI=1S/C11H19N5O2/c1-15(2)11(18)9-7-13-5-6-16(9)8-10(17)14-4-3-12/h9,13H,4-8H2,1-2H3,(H,14,17). The maximum absolute atomic E-state index is 12.0. The van der Waals surface area contributed by atoms with Crippen molar-refractivity contribution < 1.29 is 9.59 Å². The number of nitrogens with zero attached hydrogens (tertiary/aromatic N) is 3. The van der Waals surface area contributed by atoms with E-state index >= 15 is 0 Å². The van der Waals surface area contributed by atoms with Gasteiger partial charge in [0.05, 0.1) is 12.6 Å². The molecule has 1 aliphatic heterocycles. The van der Waals surface area contributed by atoms with E-state index in [1.165, 1.54) is 4.90 Å². The second-order valence-electron chi connectivity index (χ2n) is 4.36. The second-order valence-corrected chi connectivity index (χ2v) is 4.36. The third kappa shape index (κ3) is 3.98. The van der Waals surface area contributed by atoms with E-state index in [0.29, 0.717) is 13.1 Å². The Morgan fingerprint density at radius 2 is 2.28 bits per heavy atom. The highest BCUT2D eigenvalue weighted by Crippen LogP contribution is 2.05. The average molecular weight is 253 g/mol. The van der Waals surface area contributed by atoms with Gasteiger partial charge in [-0.25, -0.2) is 0 Å². The fourth-order valence-electron chi connectivity index (χ4n) is 1.86. The molecule has 0 bridgehead atoms. The molecule has 0 radical (unpaired) electrons. The molecule has 7 nitrogen and oxygen atoms in total. The third-order valence-electron chi connectivity index (χ3n) is 2.79. The lowest BCUT2D eigenvalue weighted by molar-refractivity contribution is -0.136. The normalized spacial score (nSPS) is 19.9. The summed E-state index contributed by atoms with van der Waals surface area (Å²) in [5.41, 5.74) is 0. The van der Waals surface area contributed by atoms with Crippen molar-refractivity contribution in [3.8, 4) is 6.07 Å². The van der Waals surface area contributed by atoms with Crippen molar-refractivity contribution in [3.05, 3.63) is 0 Å². The summed E-state index contributed by atoms with van der Waals surface area (Å²) >= 11 is 0. The fraction of sp³-hybridized carbons (Fsp3) is 0.727. The van der Waals surface area contributed by atoms with Crippen LogP contribution in [0.1, 0.15) is 0 Å². The summed E-state index contributed by atoms with van der Waals surface area (Å²) in [5.74, 6) is -0.245. The van der Waals surface area contributed by atoms with Crippen molar-refractivity contribution in [3.63, 3.8) is 0 Å². The number of carbonyl (C=O) groups is 2. The first-order valence-electron chi connectivity index (χ1n) is 5.86. The van der Waals surface area contributed by atoms with Crippen molar-refractivity contribution in [1.29, 1.82) is 5.26 Å². The Morgan fingerprint density at radius 1 is 1.56 bits per heavy atom. The number of hydrogen-bond donors (Lipinski definition) is 2. The van der Waals surface area contributed by atoms with Gasteiger partial charge < -0.3 is 15.5 Å². The predicted molar refractivity (Wildman–Crippen MR) is 65.5 cm³/mol. The first-order chi connectivity index (χ1) is 8.56. The van der Waals surface area contributed by atoms with Crippen LogP contribution in [0.4, 0.5) is 0 Å². The van der Waals surface area contributed by atoms with Crippen molar-refractivity contribution in [2.75, 3.05) is 46.8 Å². The summed E-state index contributed by atoms with van der Waals surface area (Å²) in [5, 5.41) is 14.0.